The minimum absolute atomic E-state index is 0.0178. The van der Waals surface area contributed by atoms with E-state index in [1.807, 2.05) is 49.3 Å². The molecule has 0 bridgehead atoms. The number of anilines is 1. The highest BCUT2D eigenvalue weighted by Gasteiger charge is 2.23. The molecule has 0 aliphatic carbocycles. The summed E-state index contributed by atoms with van der Waals surface area (Å²) in [5.41, 5.74) is 2.89. The summed E-state index contributed by atoms with van der Waals surface area (Å²) in [6, 6.07) is 14.1. The molecule has 0 N–H and O–H groups in total. The Morgan fingerprint density at radius 2 is 1.93 bits per heavy atom. The van der Waals surface area contributed by atoms with Gasteiger partial charge in [0.1, 0.15) is 0 Å². The molecule has 2 aromatic carbocycles. The number of rotatable bonds is 7. The van der Waals surface area contributed by atoms with Gasteiger partial charge in [-0.2, -0.15) is 0 Å². The average molecular weight is 400 g/mol. The van der Waals surface area contributed by atoms with Crippen LogP contribution in [0.3, 0.4) is 0 Å². The lowest BCUT2D eigenvalue weighted by molar-refractivity contribution is 0.0982. The Bertz CT molecular complexity index is 936. The number of fused-ring (bicyclic) bond motifs is 1. The zero-order chi connectivity index (χ0) is 19.4. The summed E-state index contributed by atoms with van der Waals surface area (Å²) in [4.78, 5) is 23.2. The number of thiazole rings is 1. The van der Waals surface area contributed by atoms with Crippen LogP contribution < -0.4 is 4.90 Å². The zero-order valence-corrected chi connectivity index (χ0v) is 17.9. The standard InChI is InChI=1S/C21H25N3OS2/c1-5-26-18-9-7-6-8-16(18)20(25)24(13-12-23(3)4)21-22-17-11-10-15(2)14-19(17)27-21/h6-11,14H,5,12-13H2,1-4H3. The van der Waals surface area contributed by atoms with Crippen molar-refractivity contribution in [2.75, 3.05) is 37.8 Å². The third-order valence-electron chi connectivity index (χ3n) is 4.20. The summed E-state index contributed by atoms with van der Waals surface area (Å²) >= 11 is 3.28. The first-order valence-electron chi connectivity index (χ1n) is 9.05. The summed E-state index contributed by atoms with van der Waals surface area (Å²) in [7, 11) is 4.04. The van der Waals surface area contributed by atoms with Crippen molar-refractivity contribution in [2.45, 2.75) is 18.7 Å². The van der Waals surface area contributed by atoms with Gasteiger partial charge in [-0.05, 0) is 56.6 Å². The molecule has 0 atom stereocenters. The van der Waals surface area contributed by atoms with Gasteiger partial charge < -0.3 is 4.90 Å². The van der Waals surface area contributed by atoms with Crippen molar-refractivity contribution in [3.8, 4) is 0 Å². The molecule has 3 rings (SSSR count). The smallest absolute Gasteiger partial charge is 0.261 e. The van der Waals surface area contributed by atoms with Gasteiger partial charge in [0.25, 0.3) is 5.91 Å². The molecule has 4 nitrogen and oxygen atoms in total. The molecule has 0 spiro atoms. The van der Waals surface area contributed by atoms with E-state index in [0.29, 0.717) is 6.54 Å². The maximum absolute atomic E-state index is 13.5. The Morgan fingerprint density at radius 1 is 1.15 bits per heavy atom. The van der Waals surface area contributed by atoms with E-state index in [2.05, 4.69) is 30.9 Å². The maximum atomic E-state index is 13.5. The number of nitrogens with zero attached hydrogens (tertiary/aromatic N) is 3. The largest absolute Gasteiger partial charge is 0.308 e. The van der Waals surface area contributed by atoms with Crippen LogP contribution in [0.2, 0.25) is 0 Å². The van der Waals surface area contributed by atoms with E-state index in [0.717, 1.165) is 38.1 Å². The Hall–Kier alpha value is -1.89. The van der Waals surface area contributed by atoms with Crippen LogP contribution in [0, 0.1) is 6.92 Å². The second kappa shape index (κ2) is 8.87. The van der Waals surface area contributed by atoms with Gasteiger partial charge in [-0.3, -0.25) is 9.69 Å². The Labute approximate surface area is 169 Å². The van der Waals surface area contributed by atoms with E-state index in [9.17, 15) is 4.79 Å². The third kappa shape index (κ3) is 4.69. The predicted molar refractivity (Wildman–Crippen MR) is 117 cm³/mol. The molecule has 1 amide bonds. The molecular formula is C21H25N3OS2. The summed E-state index contributed by atoms with van der Waals surface area (Å²) < 4.78 is 1.11. The fourth-order valence-electron chi connectivity index (χ4n) is 2.79. The van der Waals surface area contributed by atoms with Crippen LogP contribution in [0.4, 0.5) is 5.13 Å². The van der Waals surface area contributed by atoms with Gasteiger partial charge in [-0.1, -0.05) is 36.5 Å². The molecule has 1 heterocycles. The van der Waals surface area contributed by atoms with E-state index in [-0.39, 0.29) is 5.91 Å². The molecule has 0 radical (unpaired) electrons. The number of aryl methyl sites for hydroxylation is 1. The van der Waals surface area contributed by atoms with Crippen LogP contribution in [-0.4, -0.2) is 48.7 Å². The number of hydrogen-bond acceptors (Lipinski definition) is 5. The van der Waals surface area contributed by atoms with Crippen molar-refractivity contribution >= 4 is 44.4 Å². The number of thioether (sulfide) groups is 1. The number of hydrogen-bond donors (Lipinski definition) is 0. The normalized spacial score (nSPS) is 11.3. The molecule has 0 unspecified atom stereocenters. The Morgan fingerprint density at radius 3 is 2.67 bits per heavy atom. The Balaban J connectivity index is 2.00. The molecule has 0 fully saturated rings. The number of carbonyl (C=O) groups is 1. The molecular weight excluding hydrogens is 374 g/mol. The number of benzene rings is 2. The van der Waals surface area contributed by atoms with Gasteiger partial charge in [-0.15, -0.1) is 11.8 Å². The van der Waals surface area contributed by atoms with Crippen LogP contribution in [0.1, 0.15) is 22.8 Å². The molecule has 0 aliphatic heterocycles. The summed E-state index contributed by atoms with van der Waals surface area (Å²) in [6.07, 6.45) is 0. The number of amides is 1. The predicted octanol–water partition coefficient (Wildman–Crippen LogP) is 4.93. The number of likely N-dealkylation sites (N-methyl/N-ethyl adjacent to an activating group) is 1. The summed E-state index contributed by atoms with van der Waals surface area (Å²) in [5.74, 6) is 0.951. The van der Waals surface area contributed by atoms with E-state index in [4.69, 9.17) is 4.98 Å². The minimum Gasteiger partial charge on any atom is -0.308 e. The summed E-state index contributed by atoms with van der Waals surface area (Å²) in [6.45, 7) is 5.57. The number of aromatic nitrogens is 1. The molecule has 1 aromatic heterocycles. The van der Waals surface area contributed by atoms with Crippen molar-refractivity contribution in [1.29, 1.82) is 0 Å². The SMILES string of the molecule is CCSc1ccccc1C(=O)N(CCN(C)C)c1nc2ccc(C)cc2s1. The zero-order valence-electron chi connectivity index (χ0n) is 16.2. The third-order valence-corrected chi connectivity index (χ3v) is 6.19. The van der Waals surface area contributed by atoms with E-state index < -0.39 is 0 Å². The second-order valence-corrected chi connectivity index (χ2v) is 8.97. The number of carbonyl (C=O) groups excluding carboxylic acids is 1. The fraction of sp³-hybridized carbons (Fsp3) is 0.333. The van der Waals surface area contributed by atoms with Crippen LogP contribution >= 0.6 is 23.1 Å². The minimum atomic E-state index is 0.0178. The van der Waals surface area contributed by atoms with Gasteiger partial charge in [-0.25, -0.2) is 4.98 Å². The molecule has 27 heavy (non-hydrogen) atoms. The van der Waals surface area contributed by atoms with Crippen LogP contribution in [-0.2, 0) is 0 Å². The first-order chi connectivity index (χ1) is 13.0. The van der Waals surface area contributed by atoms with E-state index in [1.165, 1.54) is 5.56 Å². The van der Waals surface area contributed by atoms with Crippen molar-refractivity contribution in [1.82, 2.24) is 9.88 Å². The van der Waals surface area contributed by atoms with Crippen LogP contribution in [0.25, 0.3) is 10.2 Å². The van der Waals surface area contributed by atoms with Gasteiger partial charge in [0.05, 0.1) is 15.8 Å². The van der Waals surface area contributed by atoms with Gasteiger partial charge in [0, 0.05) is 18.0 Å². The highest BCUT2D eigenvalue weighted by molar-refractivity contribution is 7.99. The van der Waals surface area contributed by atoms with Crippen LogP contribution in [0.5, 0.6) is 0 Å². The van der Waals surface area contributed by atoms with Gasteiger partial charge in [0.15, 0.2) is 5.13 Å². The molecule has 0 aliphatic rings. The highest BCUT2D eigenvalue weighted by atomic mass is 32.2. The first-order valence-corrected chi connectivity index (χ1v) is 10.9. The molecule has 0 saturated heterocycles. The van der Waals surface area contributed by atoms with E-state index >= 15 is 0 Å². The lowest BCUT2D eigenvalue weighted by Gasteiger charge is -2.23. The van der Waals surface area contributed by atoms with Crippen molar-refractivity contribution < 1.29 is 4.79 Å². The fourth-order valence-corrected chi connectivity index (χ4v) is 4.67. The monoisotopic (exact) mass is 399 g/mol. The second-order valence-electron chi connectivity index (χ2n) is 6.66. The lowest BCUT2D eigenvalue weighted by Crippen LogP contribution is -2.37. The molecule has 0 saturated carbocycles. The topological polar surface area (TPSA) is 36.4 Å². The van der Waals surface area contributed by atoms with Crippen molar-refractivity contribution in [2.24, 2.45) is 0 Å². The summed E-state index contributed by atoms with van der Waals surface area (Å²) in [5, 5.41) is 0.763. The van der Waals surface area contributed by atoms with Crippen molar-refractivity contribution in [3.63, 3.8) is 0 Å². The molecule has 142 valence electrons. The first kappa shape index (κ1) is 19.9. The quantitative estimate of drug-likeness (QED) is 0.528. The van der Waals surface area contributed by atoms with Crippen molar-refractivity contribution in [3.05, 3.63) is 53.6 Å². The maximum Gasteiger partial charge on any atom is 0.261 e. The molecule has 3 aromatic rings. The van der Waals surface area contributed by atoms with Gasteiger partial charge >= 0.3 is 0 Å². The Kier molecular flexibility index (Phi) is 6.52. The van der Waals surface area contributed by atoms with Crippen LogP contribution in [0.15, 0.2) is 47.4 Å². The molecule has 6 heteroatoms. The van der Waals surface area contributed by atoms with Gasteiger partial charge in [0.2, 0.25) is 0 Å². The highest BCUT2D eigenvalue weighted by Crippen LogP contribution is 2.32. The lowest BCUT2D eigenvalue weighted by atomic mass is 10.2. The average Bonchev–Trinajstić information content (AvgIpc) is 3.05. The van der Waals surface area contributed by atoms with E-state index in [1.54, 1.807) is 23.1 Å².